The van der Waals surface area contributed by atoms with E-state index in [0.717, 1.165) is 6.92 Å². The molecule has 0 saturated carbocycles. The summed E-state index contributed by atoms with van der Waals surface area (Å²) in [5.74, 6) is -7.56. The number of Topliss-reactive ketones (excluding diaryl/α,β-unsaturated/α-hetero) is 1. The average Bonchev–Trinajstić information content (AvgIpc) is 3.15. The lowest BCUT2D eigenvalue weighted by Gasteiger charge is -2.43. The number of ketones is 1. The molecule has 1 fully saturated rings. The minimum Gasteiger partial charge on any atom is -0.481 e. The SMILES string of the molecule is CC(=O)[C@](C(=O)O)(N1C(=O)NC(c2ccc(N=C(N)N)cc2)C1=O)N(C(=O)[C@H](N)CC(=O)O)c1ccccc1. The number of benzene rings is 2. The second-order valence-electron chi connectivity index (χ2n) is 8.43. The number of urea groups is 1. The minimum atomic E-state index is -3.26. The van der Waals surface area contributed by atoms with Crippen LogP contribution >= 0.6 is 0 Å². The Morgan fingerprint density at radius 1 is 1.05 bits per heavy atom. The van der Waals surface area contributed by atoms with E-state index >= 15 is 0 Å². The van der Waals surface area contributed by atoms with Gasteiger partial charge in [0.05, 0.1) is 18.2 Å². The van der Waals surface area contributed by atoms with Crippen molar-refractivity contribution in [2.75, 3.05) is 4.90 Å². The summed E-state index contributed by atoms with van der Waals surface area (Å²) in [5.41, 5.74) is 13.5. The Balaban J connectivity index is 2.20. The second kappa shape index (κ2) is 11.0. The van der Waals surface area contributed by atoms with E-state index in [1.165, 1.54) is 54.6 Å². The number of nitrogens with zero attached hydrogens (tertiary/aromatic N) is 3. The number of nitrogens with one attached hydrogen (secondary N) is 1. The third-order valence-corrected chi connectivity index (χ3v) is 5.81. The van der Waals surface area contributed by atoms with Gasteiger partial charge in [0, 0.05) is 5.69 Å². The Labute approximate surface area is 220 Å². The number of carboxylic acid groups (broad SMARTS) is 2. The molecule has 2 aromatic carbocycles. The highest BCUT2D eigenvalue weighted by atomic mass is 16.4. The molecule has 0 radical (unpaired) electrons. The van der Waals surface area contributed by atoms with E-state index in [4.69, 9.17) is 22.3 Å². The van der Waals surface area contributed by atoms with E-state index < -0.39 is 59.7 Å². The molecule has 2 aromatic rings. The van der Waals surface area contributed by atoms with Crippen molar-refractivity contribution in [3.05, 3.63) is 60.2 Å². The van der Waals surface area contributed by atoms with Gasteiger partial charge in [-0.05, 0) is 36.8 Å². The van der Waals surface area contributed by atoms with E-state index in [0.29, 0.717) is 10.6 Å². The molecule has 1 unspecified atom stereocenters. The van der Waals surface area contributed by atoms with Crippen LogP contribution in [0.15, 0.2) is 59.6 Å². The van der Waals surface area contributed by atoms with Crippen LogP contribution in [-0.4, -0.2) is 68.3 Å². The maximum absolute atomic E-state index is 13.6. The van der Waals surface area contributed by atoms with Gasteiger partial charge in [0.25, 0.3) is 11.6 Å². The monoisotopic (exact) mass is 539 g/mol. The number of carbonyl (C=O) groups is 6. The molecule has 1 aliphatic rings. The van der Waals surface area contributed by atoms with Crippen molar-refractivity contribution < 1.29 is 39.0 Å². The number of rotatable bonds is 10. The Hall–Kier alpha value is -5.31. The van der Waals surface area contributed by atoms with Crippen LogP contribution < -0.4 is 27.4 Å². The number of hydrogen-bond donors (Lipinski definition) is 6. The number of carboxylic acids is 2. The third kappa shape index (κ3) is 5.24. The van der Waals surface area contributed by atoms with Gasteiger partial charge in [0.1, 0.15) is 6.04 Å². The van der Waals surface area contributed by atoms with E-state index in [1.54, 1.807) is 0 Å². The molecular weight excluding hydrogens is 514 g/mol. The Bertz CT molecular complexity index is 1340. The lowest BCUT2D eigenvalue weighted by molar-refractivity contribution is -0.161. The molecule has 1 aliphatic heterocycles. The zero-order valence-corrected chi connectivity index (χ0v) is 20.5. The van der Waals surface area contributed by atoms with Crippen molar-refractivity contribution in [3.8, 4) is 0 Å². The molecule has 1 saturated heterocycles. The normalized spacial score (nSPS) is 17.0. The van der Waals surface area contributed by atoms with Crippen LogP contribution in [0, 0.1) is 0 Å². The number of hydrogen-bond acceptors (Lipinski definition) is 8. The lowest BCUT2D eigenvalue weighted by Crippen LogP contribution is -2.74. The first kappa shape index (κ1) is 28.3. The van der Waals surface area contributed by atoms with Crippen molar-refractivity contribution in [2.45, 2.75) is 31.1 Å². The molecule has 15 nitrogen and oxygen atoms in total. The van der Waals surface area contributed by atoms with E-state index in [1.807, 2.05) is 0 Å². The highest BCUT2D eigenvalue weighted by Crippen LogP contribution is 2.36. The molecule has 15 heteroatoms. The van der Waals surface area contributed by atoms with Gasteiger partial charge in [-0.3, -0.25) is 24.1 Å². The molecule has 0 spiro atoms. The van der Waals surface area contributed by atoms with Gasteiger partial charge in [-0.2, -0.15) is 0 Å². The molecule has 0 aromatic heterocycles. The lowest BCUT2D eigenvalue weighted by atomic mass is 9.96. The number of aliphatic carboxylic acids is 2. The summed E-state index contributed by atoms with van der Waals surface area (Å²) in [6.07, 6.45) is -0.930. The maximum atomic E-state index is 13.6. The summed E-state index contributed by atoms with van der Waals surface area (Å²) in [5, 5.41) is 21.9. The fraction of sp³-hybridized carbons (Fsp3) is 0.208. The topological polar surface area (TPSA) is 252 Å². The molecule has 0 bridgehead atoms. The Morgan fingerprint density at radius 3 is 2.13 bits per heavy atom. The fourth-order valence-electron chi connectivity index (χ4n) is 4.15. The number of carbonyl (C=O) groups excluding carboxylic acids is 4. The minimum absolute atomic E-state index is 0.130. The molecule has 3 atom stereocenters. The molecule has 9 N–H and O–H groups in total. The number of amides is 4. The van der Waals surface area contributed by atoms with E-state index in [2.05, 4.69) is 10.3 Å². The maximum Gasteiger partial charge on any atom is 0.360 e. The molecular formula is C24H25N7O8. The van der Waals surface area contributed by atoms with Gasteiger partial charge in [-0.15, -0.1) is 0 Å². The van der Waals surface area contributed by atoms with Crippen LogP contribution in [0.5, 0.6) is 0 Å². The molecule has 1 heterocycles. The largest absolute Gasteiger partial charge is 0.481 e. The van der Waals surface area contributed by atoms with Crippen molar-refractivity contribution in [1.82, 2.24) is 10.2 Å². The Kier molecular flexibility index (Phi) is 7.95. The van der Waals surface area contributed by atoms with E-state index in [9.17, 15) is 33.9 Å². The number of guanidine groups is 1. The van der Waals surface area contributed by atoms with Crippen LogP contribution in [0.2, 0.25) is 0 Å². The van der Waals surface area contributed by atoms with Crippen LogP contribution in [0.25, 0.3) is 0 Å². The van der Waals surface area contributed by atoms with Crippen LogP contribution in [0.3, 0.4) is 0 Å². The number of imide groups is 1. The summed E-state index contributed by atoms with van der Waals surface area (Å²) in [6.45, 7) is 0.776. The predicted molar refractivity (Wildman–Crippen MR) is 135 cm³/mol. The quantitative estimate of drug-likeness (QED) is 0.0960. The summed E-state index contributed by atoms with van der Waals surface area (Å²) < 4.78 is 0. The summed E-state index contributed by atoms with van der Waals surface area (Å²) in [7, 11) is 0. The number of para-hydroxylation sites is 1. The van der Waals surface area contributed by atoms with Crippen molar-refractivity contribution in [3.63, 3.8) is 0 Å². The third-order valence-electron chi connectivity index (χ3n) is 5.81. The highest BCUT2D eigenvalue weighted by Gasteiger charge is 2.64. The van der Waals surface area contributed by atoms with Gasteiger partial charge >= 0.3 is 18.0 Å². The van der Waals surface area contributed by atoms with Crippen LogP contribution in [0.4, 0.5) is 16.2 Å². The summed E-state index contributed by atoms with van der Waals surface area (Å²) in [6, 6.07) is 7.87. The zero-order chi connectivity index (χ0) is 29.1. The molecule has 4 amide bonds. The fourth-order valence-corrected chi connectivity index (χ4v) is 4.15. The number of aliphatic imine (C=N–C) groups is 1. The average molecular weight is 540 g/mol. The van der Waals surface area contributed by atoms with Gasteiger partial charge in [-0.1, -0.05) is 30.3 Å². The smallest absolute Gasteiger partial charge is 0.360 e. The number of nitrogens with two attached hydrogens (primary N) is 3. The molecule has 3 rings (SSSR count). The van der Waals surface area contributed by atoms with Gasteiger partial charge in [0.15, 0.2) is 11.7 Å². The van der Waals surface area contributed by atoms with Crippen molar-refractivity contribution in [1.29, 1.82) is 0 Å². The van der Waals surface area contributed by atoms with Crippen molar-refractivity contribution in [2.24, 2.45) is 22.2 Å². The van der Waals surface area contributed by atoms with Gasteiger partial charge < -0.3 is 32.7 Å². The molecule has 39 heavy (non-hydrogen) atoms. The first-order valence-corrected chi connectivity index (χ1v) is 11.3. The predicted octanol–water partition coefficient (Wildman–Crippen LogP) is -0.610. The first-order chi connectivity index (χ1) is 18.3. The van der Waals surface area contributed by atoms with Gasteiger partial charge in [-0.25, -0.2) is 19.5 Å². The van der Waals surface area contributed by atoms with Crippen LogP contribution in [0.1, 0.15) is 24.9 Å². The van der Waals surface area contributed by atoms with Gasteiger partial charge in [0.2, 0.25) is 5.91 Å². The van der Waals surface area contributed by atoms with Crippen LogP contribution in [-0.2, 0) is 24.0 Å². The summed E-state index contributed by atoms with van der Waals surface area (Å²) in [4.78, 5) is 82.0. The standard InChI is InChI=1S/C24H25N7O8/c1-12(32)24(21(37)38,30(15-5-3-2-4-6-15)19(35)16(25)11-17(33)34)31-20(36)18(29-23(31)39)13-7-9-14(10-8-13)28-22(26)27/h2-10,16,18H,11,25H2,1H3,(H,29,39)(H,33,34)(H,37,38)(H4,26,27,28)/t16-,18?,24-/m1/s1. The summed E-state index contributed by atoms with van der Waals surface area (Å²) >= 11 is 0. The molecule has 0 aliphatic carbocycles. The first-order valence-electron chi connectivity index (χ1n) is 11.3. The second-order valence-corrected chi connectivity index (χ2v) is 8.43. The Morgan fingerprint density at radius 2 is 1.64 bits per heavy atom. The van der Waals surface area contributed by atoms with E-state index in [-0.39, 0.29) is 22.1 Å². The van der Waals surface area contributed by atoms with Crippen molar-refractivity contribution >= 4 is 52.9 Å². The molecule has 204 valence electrons. The highest BCUT2D eigenvalue weighted by molar-refractivity contribution is 6.23. The zero-order valence-electron chi connectivity index (χ0n) is 20.5. The number of anilines is 1.